The van der Waals surface area contributed by atoms with E-state index in [-0.39, 0.29) is 12.2 Å². The Morgan fingerprint density at radius 1 is 1.18 bits per heavy atom. The van der Waals surface area contributed by atoms with Gasteiger partial charge in [0.25, 0.3) is 0 Å². The minimum atomic E-state index is -0.735. The molecule has 0 radical (unpaired) electrons. The van der Waals surface area contributed by atoms with Crippen LogP contribution in [0.3, 0.4) is 0 Å². The maximum absolute atomic E-state index is 14.6. The standard InChI is InChI=1S/C28H22F2N6OS/c1-3-25(37)35-9-10-36-20(16-35)14-23(33-36)27-22(13-19(30)6-8-29)28-21(7-11-38-28)26(32-27)17-4-5-24-18(12-17)15-31-34(24)2/h3-8,11-15H,1,9-10,16H2,2H3/b8-6+,19-13?. The van der Waals surface area contributed by atoms with E-state index in [2.05, 4.69) is 11.7 Å². The van der Waals surface area contributed by atoms with Crippen molar-refractivity contribution >= 4 is 44.3 Å². The van der Waals surface area contributed by atoms with Gasteiger partial charge in [-0.3, -0.25) is 14.2 Å². The van der Waals surface area contributed by atoms with Gasteiger partial charge in [-0.1, -0.05) is 12.6 Å². The van der Waals surface area contributed by atoms with Crippen LogP contribution in [-0.4, -0.2) is 41.9 Å². The van der Waals surface area contributed by atoms with Gasteiger partial charge in [0, 0.05) is 46.3 Å². The first-order chi connectivity index (χ1) is 18.5. The molecule has 0 saturated heterocycles. The van der Waals surface area contributed by atoms with Crippen molar-refractivity contribution in [1.82, 2.24) is 29.4 Å². The van der Waals surface area contributed by atoms with E-state index in [0.717, 1.165) is 44.0 Å². The van der Waals surface area contributed by atoms with Crippen molar-refractivity contribution in [3.8, 4) is 22.6 Å². The van der Waals surface area contributed by atoms with Gasteiger partial charge in [-0.05, 0) is 41.8 Å². The number of rotatable bonds is 5. The Morgan fingerprint density at radius 2 is 2.05 bits per heavy atom. The summed E-state index contributed by atoms with van der Waals surface area (Å²) in [5, 5.41) is 12.9. The quantitative estimate of drug-likeness (QED) is 0.206. The number of aromatic nitrogens is 5. The van der Waals surface area contributed by atoms with Crippen LogP contribution in [0.4, 0.5) is 8.78 Å². The minimum Gasteiger partial charge on any atom is -0.331 e. The first-order valence-electron chi connectivity index (χ1n) is 11.9. The number of allylic oxidation sites excluding steroid dienone is 2. The molecule has 0 fully saturated rings. The molecule has 5 heterocycles. The number of aryl methyl sites for hydroxylation is 1. The predicted molar refractivity (Wildman–Crippen MR) is 145 cm³/mol. The molecule has 4 aromatic heterocycles. The van der Waals surface area contributed by atoms with Crippen LogP contribution >= 0.6 is 11.3 Å². The van der Waals surface area contributed by atoms with E-state index >= 15 is 0 Å². The normalized spacial score (nSPS) is 14.1. The third-order valence-corrected chi connectivity index (χ3v) is 7.64. The van der Waals surface area contributed by atoms with Crippen LogP contribution in [0.1, 0.15) is 11.3 Å². The lowest BCUT2D eigenvalue weighted by molar-refractivity contribution is -0.127. The van der Waals surface area contributed by atoms with Crippen molar-refractivity contribution in [2.75, 3.05) is 6.54 Å². The fourth-order valence-corrected chi connectivity index (χ4v) is 5.76. The van der Waals surface area contributed by atoms with E-state index in [4.69, 9.17) is 10.1 Å². The molecule has 1 amide bonds. The van der Waals surface area contributed by atoms with Crippen LogP contribution in [0, 0.1) is 0 Å². The van der Waals surface area contributed by atoms with Crippen LogP contribution in [0.25, 0.3) is 49.7 Å². The van der Waals surface area contributed by atoms with Crippen LogP contribution < -0.4 is 0 Å². The molecule has 0 N–H and O–H groups in total. The van der Waals surface area contributed by atoms with E-state index in [1.807, 2.05) is 52.1 Å². The number of amides is 1. The SMILES string of the molecule is C=CC(=O)N1CCn2nc(-c3nc(-c4ccc5c(cnn5C)c4)c4ccsc4c3C=C(F)/C=C/F)cc2C1. The predicted octanol–water partition coefficient (Wildman–Crippen LogP) is 6.04. The average Bonchev–Trinajstić information content (AvgIpc) is 3.66. The van der Waals surface area contributed by atoms with Crippen LogP contribution in [0.5, 0.6) is 0 Å². The number of benzene rings is 1. The molecule has 0 atom stereocenters. The molecule has 0 unspecified atom stereocenters. The van der Waals surface area contributed by atoms with Crippen molar-refractivity contribution < 1.29 is 13.6 Å². The number of thiophene rings is 1. The molecule has 0 saturated carbocycles. The Labute approximate surface area is 220 Å². The topological polar surface area (TPSA) is 68.8 Å². The fourth-order valence-electron chi connectivity index (χ4n) is 4.85. The Bertz CT molecular complexity index is 1790. The number of nitrogens with zero attached hydrogens (tertiary/aromatic N) is 6. The number of carbonyl (C=O) groups is 1. The summed E-state index contributed by atoms with van der Waals surface area (Å²) in [6.45, 7) is 4.99. The fraction of sp³-hybridized carbons (Fsp3) is 0.143. The highest BCUT2D eigenvalue weighted by molar-refractivity contribution is 7.17. The Morgan fingerprint density at radius 3 is 2.87 bits per heavy atom. The van der Waals surface area contributed by atoms with Gasteiger partial charge in [0.1, 0.15) is 17.2 Å². The van der Waals surface area contributed by atoms with E-state index < -0.39 is 5.83 Å². The lowest BCUT2D eigenvalue weighted by atomic mass is 10.0. The summed E-state index contributed by atoms with van der Waals surface area (Å²) >= 11 is 1.46. The molecule has 1 aliphatic rings. The van der Waals surface area contributed by atoms with E-state index in [1.165, 1.54) is 23.5 Å². The number of hydrogen-bond acceptors (Lipinski definition) is 5. The first-order valence-corrected chi connectivity index (χ1v) is 12.8. The number of pyridine rings is 1. The van der Waals surface area contributed by atoms with Gasteiger partial charge in [0.2, 0.25) is 5.91 Å². The summed E-state index contributed by atoms with van der Waals surface area (Å²) in [4.78, 5) is 18.9. The molecule has 0 aliphatic carbocycles. The molecule has 6 rings (SSSR count). The van der Waals surface area contributed by atoms with Gasteiger partial charge < -0.3 is 4.90 Å². The third kappa shape index (κ3) is 4.03. The number of halogens is 2. The van der Waals surface area contributed by atoms with Gasteiger partial charge in [0.15, 0.2) is 0 Å². The third-order valence-electron chi connectivity index (χ3n) is 6.69. The zero-order valence-corrected chi connectivity index (χ0v) is 21.3. The molecule has 0 spiro atoms. The second kappa shape index (κ2) is 9.46. The highest BCUT2D eigenvalue weighted by Crippen LogP contribution is 2.40. The molecule has 1 aromatic carbocycles. The molecule has 38 heavy (non-hydrogen) atoms. The summed E-state index contributed by atoms with van der Waals surface area (Å²) < 4.78 is 31.9. The maximum atomic E-state index is 14.6. The van der Waals surface area contributed by atoms with Gasteiger partial charge in [-0.2, -0.15) is 10.2 Å². The lowest BCUT2D eigenvalue weighted by Gasteiger charge is -2.26. The summed E-state index contributed by atoms with van der Waals surface area (Å²) in [5.41, 5.74) is 5.01. The molecule has 1 aliphatic heterocycles. The Hall–Kier alpha value is -4.44. The van der Waals surface area contributed by atoms with Crippen molar-refractivity contribution in [1.29, 1.82) is 0 Å². The monoisotopic (exact) mass is 528 g/mol. The highest BCUT2D eigenvalue weighted by Gasteiger charge is 2.24. The van der Waals surface area contributed by atoms with Gasteiger partial charge in [-0.25, -0.2) is 13.8 Å². The van der Waals surface area contributed by atoms with Crippen molar-refractivity contribution in [2.45, 2.75) is 13.1 Å². The van der Waals surface area contributed by atoms with Crippen molar-refractivity contribution in [3.05, 3.63) is 84.1 Å². The zero-order chi connectivity index (χ0) is 26.4. The molecule has 190 valence electrons. The summed E-state index contributed by atoms with van der Waals surface area (Å²) in [5.74, 6) is -0.879. The van der Waals surface area contributed by atoms with E-state index in [1.54, 1.807) is 11.1 Å². The van der Waals surface area contributed by atoms with Crippen molar-refractivity contribution in [2.24, 2.45) is 7.05 Å². The van der Waals surface area contributed by atoms with Crippen LogP contribution in [0.15, 0.2) is 72.8 Å². The van der Waals surface area contributed by atoms with Gasteiger partial charge >= 0.3 is 0 Å². The van der Waals surface area contributed by atoms with Gasteiger partial charge in [-0.15, -0.1) is 11.3 Å². The van der Waals surface area contributed by atoms with Crippen molar-refractivity contribution in [3.63, 3.8) is 0 Å². The Kier molecular flexibility index (Phi) is 5.96. The second-order valence-corrected chi connectivity index (χ2v) is 9.87. The molecule has 0 bridgehead atoms. The number of fused-ring (bicyclic) bond motifs is 3. The maximum Gasteiger partial charge on any atom is 0.246 e. The highest BCUT2D eigenvalue weighted by atomic mass is 32.1. The second-order valence-electron chi connectivity index (χ2n) is 8.96. The zero-order valence-electron chi connectivity index (χ0n) is 20.4. The Balaban J connectivity index is 1.56. The van der Waals surface area contributed by atoms with Gasteiger partial charge in [0.05, 0.1) is 42.5 Å². The average molecular weight is 529 g/mol. The molecule has 10 heteroatoms. The summed E-state index contributed by atoms with van der Waals surface area (Å²) in [6, 6.07) is 9.85. The smallest absolute Gasteiger partial charge is 0.246 e. The minimum absolute atomic E-state index is 0.145. The summed E-state index contributed by atoms with van der Waals surface area (Å²) in [7, 11) is 1.89. The molecule has 7 nitrogen and oxygen atoms in total. The van der Waals surface area contributed by atoms with Crippen LogP contribution in [-0.2, 0) is 24.9 Å². The number of hydrogen-bond donors (Lipinski definition) is 0. The lowest BCUT2D eigenvalue weighted by Crippen LogP contribution is -2.37. The summed E-state index contributed by atoms with van der Waals surface area (Å²) in [6.07, 6.45) is 5.33. The first kappa shape index (κ1) is 23.9. The van der Waals surface area contributed by atoms with Crippen LogP contribution in [0.2, 0.25) is 0 Å². The number of carbonyl (C=O) groups excluding carboxylic acids is 1. The molecular formula is C28H22F2N6OS. The van der Waals surface area contributed by atoms with E-state index in [9.17, 15) is 13.6 Å². The largest absolute Gasteiger partial charge is 0.331 e. The molecular weight excluding hydrogens is 506 g/mol. The molecule has 5 aromatic rings. The van der Waals surface area contributed by atoms with E-state index in [0.29, 0.717) is 36.6 Å².